The number of nitrogen functional groups attached to an aromatic ring is 1. The minimum atomic E-state index is -4.86. The van der Waals surface area contributed by atoms with Crippen molar-refractivity contribution in [3.63, 3.8) is 0 Å². The van der Waals surface area contributed by atoms with Crippen LogP contribution in [0.3, 0.4) is 0 Å². The van der Waals surface area contributed by atoms with Crippen molar-refractivity contribution in [1.29, 1.82) is 0 Å². The molecule has 4 aromatic rings. The third-order valence-electron chi connectivity index (χ3n) is 5.60. The Morgan fingerprint density at radius 2 is 2.06 bits per heavy atom. The highest BCUT2D eigenvalue weighted by Gasteiger charge is 2.32. The fourth-order valence-electron chi connectivity index (χ4n) is 4.30. The molecule has 5 rings (SSSR count). The molecule has 0 fully saturated rings. The maximum atomic E-state index is 12.6. The van der Waals surface area contributed by atoms with Gasteiger partial charge in [-0.1, -0.05) is 5.16 Å². The predicted molar refractivity (Wildman–Crippen MR) is 111 cm³/mol. The molecule has 8 nitrogen and oxygen atoms in total. The number of aryl methyl sites for hydroxylation is 1. The first kappa shape index (κ1) is 20.9. The monoisotopic (exact) mass is 458 g/mol. The summed E-state index contributed by atoms with van der Waals surface area (Å²) >= 11 is 0. The SMILES string of the molecule is Nc1cc(OC(F)(F)F)cc(-c2nc(-c3ccc4[nH]c5c(c4c3)CCC5CC(=O)O)no2)c1. The molecule has 0 spiro atoms. The normalized spacial score (nSPS) is 15.7. The van der Waals surface area contributed by atoms with Crippen LogP contribution in [0.2, 0.25) is 0 Å². The highest BCUT2D eigenvalue weighted by Crippen LogP contribution is 2.40. The van der Waals surface area contributed by atoms with E-state index in [4.69, 9.17) is 15.4 Å². The van der Waals surface area contributed by atoms with Gasteiger partial charge in [-0.3, -0.25) is 4.79 Å². The van der Waals surface area contributed by atoms with Crippen LogP contribution in [0.4, 0.5) is 18.9 Å². The van der Waals surface area contributed by atoms with Gasteiger partial charge in [-0.15, -0.1) is 13.2 Å². The number of H-pyrrole nitrogens is 1. The second kappa shape index (κ2) is 7.54. The quantitative estimate of drug-likeness (QED) is 0.364. The summed E-state index contributed by atoms with van der Waals surface area (Å²) in [4.78, 5) is 18.8. The van der Waals surface area contributed by atoms with Gasteiger partial charge < -0.3 is 25.1 Å². The van der Waals surface area contributed by atoms with Crippen LogP contribution in [0.15, 0.2) is 40.9 Å². The van der Waals surface area contributed by atoms with Crippen molar-refractivity contribution >= 4 is 22.6 Å². The summed E-state index contributed by atoms with van der Waals surface area (Å²) in [5.41, 5.74) is 9.48. The van der Waals surface area contributed by atoms with Gasteiger partial charge >= 0.3 is 12.3 Å². The van der Waals surface area contributed by atoms with Crippen molar-refractivity contribution < 1.29 is 32.3 Å². The van der Waals surface area contributed by atoms with E-state index in [9.17, 15) is 18.0 Å². The molecule has 170 valence electrons. The zero-order chi connectivity index (χ0) is 23.3. The maximum Gasteiger partial charge on any atom is 0.573 e. The van der Waals surface area contributed by atoms with Gasteiger partial charge in [0.1, 0.15) is 5.75 Å². The smallest absolute Gasteiger partial charge is 0.481 e. The number of nitrogens with one attached hydrogen (secondary N) is 1. The topological polar surface area (TPSA) is 127 Å². The van der Waals surface area contributed by atoms with Gasteiger partial charge in [0.05, 0.1) is 6.42 Å². The van der Waals surface area contributed by atoms with E-state index in [1.165, 1.54) is 6.07 Å². The molecule has 0 saturated heterocycles. The Bertz CT molecular complexity index is 1380. The van der Waals surface area contributed by atoms with Crippen LogP contribution >= 0.6 is 0 Å². The molecule has 4 N–H and O–H groups in total. The van der Waals surface area contributed by atoms with Gasteiger partial charge in [0, 0.05) is 45.4 Å². The first-order chi connectivity index (χ1) is 15.7. The summed E-state index contributed by atoms with van der Waals surface area (Å²) in [6, 6.07) is 9.10. The molecule has 0 radical (unpaired) electrons. The molecule has 0 saturated carbocycles. The molecule has 1 aliphatic carbocycles. The molecule has 33 heavy (non-hydrogen) atoms. The number of rotatable bonds is 5. The Morgan fingerprint density at radius 3 is 2.82 bits per heavy atom. The van der Waals surface area contributed by atoms with Crippen LogP contribution in [0.25, 0.3) is 33.7 Å². The number of anilines is 1. The van der Waals surface area contributed by atoms with E-state index in [2.05, 4.69) is 19.9 Å². The second-order valence-corrected chi connectivity index (χ2v) is 7.87. The minimum absolute atomic E-state index is 0.00904. The lowest BCUT2D eigenvalue weighted by Crippen LogP contribution is -2.17. The number of benzene rings is 2. The molecule has 2 aromatic carbocycles. The number of halogens is 3. The van der Waals surface area contributed by atoms with Crippen LogP contribution in [0.5, 0.6) is 5.75 Å². The summed E-state index contributed by atoms with van der Waals surface area (Å²) in [5.74, 6) is -1.14. The van der Waals surface area contributed by atoms with Crippen molar-refractivity contribution in [2.45, 2.75) is 31.5 Å². The minimum Gasteiger partial charge on any atom is -0.481 e. The number of fused-ring (bicyclic) bond motifs is 3. The zero-order valence-corrected chi connectivity index (χ0v) is 16.9. The second-order valence-electron chi connectivity index (χ2n) is 7.87. The largest absolute Gasteiger partial charge is 0.573 e. The molecule has 2 aromatic heterocycles. The van der Waals surface area contributed by atoms with Crippen molar-refractivity contribution in [2.24, 2.45) is 0 Å². The third kappa shape index (κ3) is 4.09. The van der Waals surface area contributed by atoms with Crippen LogP contribution in [-0.2, 0) is 11.2 Å². The number of ether oxygens (including phenoxy) is 1. The first-order valence-corrected chi connectivity index (χ1v) is 10.0. The molecular formula is C22H17F3N4O4. The molecule has 0 bridgehead atoms. The number of hydrogen-bond acceptors (Lipinski definition) is 6. The van der Waals surface area contributed by atoms with Crippen LogP contribution in [0, 0.1) is 0 Å². The Balaban J connectivity index is 1.47. The van der Waals surface area contributed by atoms with Gasteiger partial charge in [0.15, 0.2) is 0 Å². The number of aliphatic carboxylic acids is 1. The zero-order valence-electron chi connectivity index (χ0n) is 16.9. The lowest BCUT2D eigenvalue weighted by Gasteiger charge is -2.10. The predicted octanol–water partition coefficient (Wildman–Crippen LogP) is 4.87. The van der Waals surface area contributed by atoms with Crippen LogP contribution in [0.1, 0.15) is 30.0 Å². The molecule has 1 atom stereocenters. The van der Waals surface area contributed by atoms with Crippen LogP contribution < -0.4 is 10.5 Å². The highest BCUT2D eigenvalue weighted by atomic mass is 19.4. The van der Waals surface area contributed by atoms with Gasteiger partial charge in [-0.05, 0) is 48.7 Å². The maximum absolute atomic E-state index is 12.6. The number of nitrogens with two attached hydrogens (primary N) is 1. The van der Waals surface area contributed by atoms with Crippen molar-refractivity contribution in [3.05, 3.63) is 47.7 Å². The average molecular weight is 458 g/mol. The number of hydrogen-bond donors (Lipinski definition) is 3. The fraction of sp³-hybridized carbons (Fsp3) is 0.227. The van der Waals surface area contributed by atoms with Crippen molar-refractivity contribution in [3.8, 4) is 28.6 Å². The van der Waals surface area contributed by atoms with E-state index in [0.717, 1.165) is 47.1 Å². The number of carboxylic acid groups (broad SMARTS) is 1. The molecule has 0 aliphatic heterocycles. The Morgan fingerprint density at radius 1 is 1.24 bits per heavy atom. The Labute approximate surface area is 184 Å². The van der Waals surface area contributed by atoms with Gasteiger partial charge in [-0.25, -0.2) is 0 Å². The number of aromatic amines is 1. The molecule has 1 unspecified atom stereocenters. The molecule has 0 amide bonds. The Kier molecular flexibility index (Phi) is 4.76. The van der Waals surface area contributed by atoms with E-state index in [0.29, 0.717) is 5.56 Å². The first-order valence-electron chi connectivity index (χ1n) is 10.0. The van der Waals surface area contributed by atoms with Crippen molar-refractivity contribution in [2.75, 3.05) is 5.73 Å². The average Bonchev–Trinajstić information content (AvgIpc) is 3.42. The lowest BCUT2D eigenvalue weighted by molar-refractivity contribution is -0.274. The highest BCUT2D eigenvalue weighted by molar-refractivity contribution is 5.89. The van der Waals surface area contributed by atoms with Gasteiger partial charge in [0.25, 0.3) is 5.89 Å². The van der Waals surface area contributed by atoms with Gasteiger partial charge in [0.2, 0.25) is 5.82 Å². The van der Waals surface area contributed by atoms with E-state index < -0.39 is 18.1 Å². The van der Waals surface area contributed by atoms with Crippen molar-refractivity contribution in [1.82, 2.24) is 15.1 Å². The molecule has 1 aliphatic rings. The van der Waals surface area contributed by atoms with Gasteiger partial charge in [-0.2, -0.15) is 4.98 Å². The van der Waals surface area contributed by atoms with E-state index in [-0.39, 0.29) is 35.3 Å². The number of alkyl halides is 3. The fourth-order valence-corrected chi connectivity index (χ4v) is 4.30. The Hall–Kier alpha value is -4.02. The van der Waals surface area contributed by atoms with Crippen LogP contribution in [-0.4, -0.2) is 32.6 Å². The van der Waals surface area contributed by atoms with E-state index in [1.54, 1.807) is 6.07 Å². The number of carboxylic acids is 1. The van der Waals surface area contributed by atoms with E-state index >= 15 is 0 Å². The summed E-state index contributed by atoms with van der Waals surface area (Å²) in [5, 5.41) is 14.0. The standard InChI is InChI=1S/C22H17F3N4O4/c23-22(24,25)32-14-6-12(5-13(26)9-14)21-28-20(29-33-21)11-2-4-17-16(7-11)15-3-1-10(8-18(30)31)19(15)27-17/h2,4-7,9-10,27H,1,3,8,26H2,(H,30,31). The third-order valence-corrected chi connectivity index (χ3v) is 5.60. The molecule has 2 heterocycles. The molecular weight excluding hydrogens is 441 g/mol. The summed E-state index contributed by atoms with van der Waals surface area (Å²) < 4.78 is 46.9. The number of nitrogens with zero attached hydrogens (tertiary/aromatic N) is 2. The number of carbonyl (C=O) groups is 1. The summed E-state index contributed by atoms with van der Waals surface area (Å²) in [6.45, 7) is 0. The summed E-state index contributed by atoms with van der Waals surface area (Å²) in [6.07, 6.45) is -3.26. The lowest BCUT2D eigenvalue weighted by atomic mass is 10.0. The summed E-state index contributed by atoms with van der Waals surface area (Å²) in [7, 11) is 0. The molecule has 11 heteroatoms. The van der Waals surface area contributed by atoms with E-state index in [1.807, 2.05) is 12.1 Å². The number of aromatic nitrogens is 3.